The number of rotatable bonds is 3. The van der Waals surface area contributed by atoms with Gasteiger partial charge in [0, 0.05) is 18.4 Å². The summed E-state index contributed by atoms with van der Waals surface area (Å²) in [5.74, 6) is 0.937. The van der Waals surface area contributed by atoms with E-state index in [2.05, 4.69) is 24.4 Å². The molecule has 1 aromatic rings. The lowest BCUT2D eigenvalue weighted by atomic mass is 9.67. The van der Waals surface area contributed by atoms with Crippen molar-refractivity contribution in [1.82, 2.24) is 5.32 Å². The maximum atomic E-state index is 11.4. The molecular weight excluding hydrogens is 238 g/mol. The lowest BCUT2D eigenvalue weighted by Gasteiger charge is -2.42. The van der Waals surface area contributed by atoms with E-state index in [9.17, 15) is 4.79 Å². The average Bonchev–Trinajstić information content (AvgIpc) is 2.41. The van der Waals surface area contributed by atoms with Crippen LogP contribution in [0.1, 0.15) is 45.1 Å². The van der Waals surface area contributed by atoms with Crippen LogP contribution in [-0.2, 0) is 10.2 Å². The summed E-state index contributed by atoms with van der Waals surface area (Å²) in [6.07, 6.45) is 4.55. The molecule has 1 saturated carbocycles. The zero-order valence-electron chi connectivity index (χ0n) is 12.0. The quantitative estimate of drug-likeness (QED) is 0.908. The molecule has 0 radical (unpaired) electrons. The van der Waals surface area contributed by atoms with Crippen LogP contribution in [0.25, 0.3) is 0 Å². The molecule has 1 aliphatic rings. The fourth-order valence-corrected chi connectivity index (χ4v) is 3.13. The van der Waals surface area contributed by atoms with Gasteiger partial charge in [-0.1, -0.05) is 31.9 Å². The standard InChI is InChI=1S/C16H23NO2/c1-12(18)17-15-9-4-5-10-16(15,2)13-7-6-8-14(11-13)19-3/h6-8,11,15H,4-5,9-10H2,1-3H3,(H,17,18). The number of carbonyl (C=O) groups is 1. The molecule has 1 aromatic carbocycles. The highest BCUT2D eigenvalue weighted by Gasteiger charge is 2.38. The number of amides is 1. The molecule has 1 N–H and O–H groups in total. The Hall–Kier alpha value is -1.51. The molecule has 3 heteroatoms. The largest absolute Gasteiger partial charge is 0.497 e. The molecule has 0 spiro atoms. The van der Waals surface area contributed by atoms with Crippen molar-refractivity contribution >= 4 is 5.91 Å². The van der Waals surface area contributed by atoms with Crippen molar-refractivity contribution in [3.05, 3.63) is 29.8 Å². The minimum atomic E-state index is -0.00153. The number of hydrogen-bond donors (Lipinski definition) is 1. The molecular formula is C16H23NO2. The van der Waals surface area contributed by atoms with Crippen LogP contribution in [0.3, 0.4) is 0 Å². The molecule has 2 atom stereocenters. The third-order valence-corrected chi connectivity index (χ3v) is 4.31. The van der Waals surface area contributed by atoms with E-state index in [-0.39, 0.29) is 17.4 Å². The van der Waals surface area contributed by atoms with Gasteiger partial charge in [0.1, 0.15) is 5.75 Å². The van der Waals surface area contributed by atoms with Gasteiger partial charge in [-0.3, -0.25) is 4.79 Å². The van der Waals surface area contributed by atoms with Crippen molar-refractivity contribution in [2.45, 2.75) is 51.0 Å². The number of methoxy groups -OCH3 is 1. The minimum absolute atomic E-state index is 0.00153. The molecule has 0 saturated heterocycles. The fraction of sp³-hybridized carbons (Fsp3) is 0.562. The van der Waals surface area contributed by atoms with Crippen LogP contribution in [0.2, 0.25) is 0 Å². The van der Waals surface area contributed by atoms with Crippen molar-refractivity contribution < 1.29 is 9.53 Å². The fourth-order valence-electron chi connectivity index (χ4n) is 3.13. The molecule has 0 heterocycles. The van der Waals surface area contributed by atoms with Gasteiger partial charge in [-0.05, 0) is 30.5 Å². The predicted molar refractivity (Wildman–Crippen MR) is 76.4 cm³/mol. The molecule has 2 unspecified atom stereocenters. The van der Waals surface area contributed by atoms with Crippen molar-refractivity contribution in [3.8, 4) is 5.75 Å². The van der Waals surface area contributed by atoms with E-state index in [1.54, 1.807) is 14.0 Å². The lowest BCUT2D eigenvalue weighted by molar-refractivity contribution is -0.120. The first-order valence-corrected chi connectivity index (χ1v) is 6.98. The summed E-state index contributed by atoms with van der Waals surface area (Å²) in [4.78, 5) is 11.4. The molecule has 1 amide bonds. The normalized spacial score (nSPS) is 26.8. The number of nitrogens with one attached hydrogen (secondary N) is 1. The number of ether oxygens (including phenoxy) is 1. The van der Waals surface area contributed by atoms with E-state index < -0.39 is 0 Å². The second kappa shape index (κ2) is 5.64. The molecule has 1 aliphatic carbocycles. The Morgan fingerprint density at radius 1 is 1.42 bits per heavy atom. The van der Waals surface area contributed by atoms with Crippen LogP contribution in [-0.4, -0.2) is 19.1 Å². The van der Waals surface area contributed by atoms with Gasteiger partial charge in [0.25, 0.3) is 0 Å². The SMILES string of the molecule is COc1cccc(C2(C)CCCCC2NC(C)=O)c1. The molecule has 19 heavy (non-hydrogen) atoms. The molecule has 2 rings (SSSR count). The Kier molecular flexibility index (Phi) is 4.13. The van der Waals surface area contributed by atoms with Gasteiger partial charge in [0.2, 0.25) is 5.91 Å². The van der Waals surface area contributed by atoms with Crippen molar-refractivity contribution in [2.24, 2.45) is 0 Å². The van der Waals surface area contributed by atoms with Crippen LogP contribution < -0.4 is 10.1 Å². The van der Waals surface area contributed by atoms with Crippen molar-refractivity contribution in [3.63, 3.8) is 0 Å². The zero-order valence-corrected chi connectivity index (χ0v) is 12.0. The third-order valence-electron chi connectivity index (χ3n) is 4.31. The molecule has 3 nitrogen and oxygen atoms in total. The van der Waals surface area contributed by atoms with Gasteiger partial charge in [-0.15, -0.1) is 0 Å². The highest BCUT2D eigenvalue weighted by Crippen LogP contribution is 2.40. The van der Waals surface area contributed by atoms with Gasteiger partial charge in [0.05, 0.1) is 7.11 Å². The molecule has 0 aromatic heterocycles. The van der Waals surface area contributed by atoms with Crippen molar-refractivity contribution in [1.29, 1.82) is 0 Å². The summed E-state index contributed by atoms with van der Waals surface area (Å²) in [6, 6.07) is 8.44. The van der Waals surface area contributed by atoms with Crippen LogP contribution in [0.4, 0.5) is 0 Å². The van der Waals surface area contributed by atoms with Gasteiger partial charge >= 0.3 is 0 Å². The van der Waals surface area contributed by atoms with Gasteiger partial charge in [-0.25, -0.2) is 0 Å². The van der Waals surface area contributed by atoms with Crippen LogP contribution in [0, 0.1) is 0 Å². The Balaban J connectivity index is 2.32. The van der Waals surface area contributed by atoms with E-state index in [1.165, 1.54) is 18.4 Å². The Morgan fingerprint density at radius 2 is 2.21 bits per heavy atom. The van der Waals surface area contributed by atoms with E-state index >= 15 is 0 Å². The van der Waals surface area contributed by atoms with Gasteiger partial charge in [-0.2, -0.15) is 0 Å². The first-order valence-electron chi connectivity index (χ1n) is 6.98. The second-order valence-electron chi connectivity index (χ2n) is 5.65. The Labute approximate surface area is 115 Å². The van der Waals surface area contributed by atoms with Gasteiger partial charge < -0.3 is 10.1 Å². The first kappa shape index (κ1) is 13.9. The summed E-state index contributed by atoms with van der Waals surface area (Å²) >= 11 is 0. The highest BCUT2D eigenvalue weighted by molar-refractivity contribution is 5.73. The maximum absolute atomic E-state index is 11.4. The van der Waals surface area contributed by atoms with Crippen LogP contribution in [0.15, 0.2) is 24.3 Å². The van der Waals surface area contributed by atoms with Crippen LogP contribution >= 0.6 is 0 Å². The topological polar surface area (TPSA) is 38.3 Å². The summed E-state index contributed by atoms with van der Waals surface area (Å²) in [7, 11) is 1.69. The molecule has 1 fully saturated rings. The Morgan fingerprint density at radius 3 is 2.89 bits per heavy atom. The first-order chi connectivity index (χ1) is 9.06. The Bertz CT molecular complexity index is 458. The van der Waals surface area contributed by atoms with E-state index in [4.69, 9.17) is 4.74 Å². The number of carbonyl (C=O) groups excluding carboxylic acids is 1. The monoisotopic (exact) mass is 261 g/mol. The lowest BCUT2D eigenvalue weighted by Crippen LogP contribution is -2.50. The highest BCUT2D eigenvalue weighted by atomic mass is 16.5. The predicted octanol–water partition coefficient (Wildman–Crippen LogP) is 3.03. The average molecular weight is 261 g/mol. The van der Waals surface area contributed by atoms with E-state index in [0.29, 0.717) is 0 Å². The number of benzene rings is 1. The zero-order chi connectivity index (χ0) is 13.9. The van der Waals surface area contributed by atoms with E-state index in [0.717, 1.165) is 18.6 Å². The second-order valence-corrected chi connectivity index (χ2v) is 5.65. The summed E-state index contributed by atoms with van der Waals surface area (Å²) in [5.41, 5.74) is 1.25. The summed E-state index contributed by atoms with van der Waals surface area (Å²) in [5, 5.41) is 3.13. The summed E-state index contributed by atoms with van der Waals surface area (Å²) in [6.45, 7) is 3.85. The maximum Gasteiger partial charge on any atom is 0.217 e. The van der Waals surface area contributed by atoms with Gasteiger partial charge in [0.15, 0.2) is 0 Å². The third kappa shape index (κ3) is 2.91. The molecule has 104 valence electrons. The van der Waals surface area contributed by atoms with Crippen LogP contribution in [0.5, 0.6) is 5.75 Å². The number of hydrogen-bond acceptors (Lipinski definition) is 2. The van der Waals surface area contributed by atoms with E-state index in [1.807, 2.05) is 12.1 Å². The smallest absolute Gasteiger partial charge is 0.217 e. The minimum Gasteiger partial charge on any atom is -0.497 e. The molecule has 0 aliphatic heterocycles. The summed E-state index contributed by atoms with van der Waals surface area (Å²) < 4.78 is 5.32. The van der Waals surface area contributed by atoms with Crippen molar-refractivity contribution in [2.75, 3.05) is 7.11 Å². The molecule has 0 bridgehead atoms.